The molecule has 0 aliphatic heterocycles. The average Bonchev–Trinajstić information content (AvgIpc) is 2.38. The largest absolute Gasteiger partial charge is 0.359 e. The Morgan fingerprint density at radius 3 is 2.76 bits per heavy atom. The molecule has 1 fully saturated rings. The molecule has 1 saturated carbocycles. The molecule has 0 radical (unpaired) electrons. The predicted octanol–water partition coefficient (Wildman–Crippen LogP) is 0.00380. The van der Waals surface area contributed by atoms with Gasteiger partial charge in [-0.05, 0) is 31.7 Å². The highest BCUT2D eigenvalue weighted by Crippen LogP contribution is 2.28. The molecule has 4 N–H and O–H groups in total. The first-order valence-electron chi connectivity index (χ1n) is 6.35. The number of carbonyl (C=O) groups is 2. The third-order valence-electron chi connectivity index (χ3n) is 3.42. The van der Waals surface area contributed by atoms with Crippen LogP contribution in [0.25, 0.3) is 0 Å². The summed E-state index contributed by atoms with van der Waals surface area (Å²) in [6, 6.07) is 0. The Kier molecular flexibility index (Phi) is 5.97. The molecule has 0 aromatic carbocycles. The summed E-state index contributed by atoms with van der Waals surface area (Å²) in [4.78, 5) is 22.8. The third-order valence-corrected chi connectivity index (χ3v) is 3.42. The van der Waals surface area contributed by atoms with Crippen molar-refractivity contribution >= 4 is 11.8 Å². The molecule has 1 rings (SSSR count). The summed E-state index contributed by atoms with van der Waals surface area (Å²) < 4.78 is 0. The van der Waals surface area contributed by atoms with Crippen molar-refractivity contribution in [3.63, 3.8) is 0 Å². The average molecular weight is 241 g/mol. The van der Waals surface area contributed by atoms with Crippen LogP contribution in [0.5, 0.6) is 0 Å². The van der Waals surface area contributed by atoms with E-state index in [0.717, 1.165) is 25.7 Å². The molecule has 0 heterocycles. The predicted molar refractivity (Wildman–Crippen MR) is 66.2 cm³/mol. The molecular weight excluding hydrogens is 218 g/mol. The first kappa shape index (κ1) is 14.0. The van der Waals surface area contributed by atoms with Crippen LogP contribution in [0.4, 0.5) is 0 Å². The van der Waals surface area contributed by atoms with Crippen LogP contribution < -0.4 is 16.4 Å². The molecule has 1 aliphatic rings. The van der Waals surface area contributed by atoms with Crippen molar-refractivity contribution < 1.29 is 9.59 Å². The second-order valence-corrected chi connectivity index (χ2v) is 4.68. The minimum absolute atomic E-state index is 0.0474. The maximum absolute atomic E-state index is 11.8. The summed E-state index contributed by atoms with van der Waals surface area (Å²) in [6.45, 7) is 1.09. The summed E-state index contributed by atoms with van der Waals surface area (Å²) in [6.07, 6.45) is 4.40. The monoisotopic (exact) mass is 241 g/mol. The minimum atomic E-state index is -0.0474. The van der Waals surface area contributed by atoms with Gasteiger partial charge in [-0.25, -0.2) is 0 Å². The number of amides is 2. The van der Waals surface area contributed by atoms with Gasteiger partial charge in [-0.15, -0.1) is 0 Å². The third kappa shape index (κ3) is 4.73. The van der Waals surface area contributed by atoms with E-state index in [-0.39, 0.29) is 17.7 Å². The molecule has 98 valence electrons. The lowest BCUT2D eigenvalue weighted by Gasteiger charge is -2.27. The van der Waals surface area contributed by atoms with Gasteiger partial charge in [0.2, 0.25) is 11.8 Å². The van der Waals surface area contributed by atoms with Gasteiger partial charge in [-0.1, -0.05) is 6.42 Å². The lowest BCUT2D eigenvalue weighted by Crippen LogP contribution is -2.37. The van der Waals surface area contributed by atoms with Crippen LogP contribution in [-0.2, 0) is 9.59 Å². The Hall–Kier alpha value is -1.10. The van der Waals surface area contributed by atoms with E-state index in [1.54, 1.807) is 7.05 Å². The Labute approximate surface area is 103 Å². The zero-order valence-electron chi connectivity index (χ0n) is 10.5. The summed E-state index contributed by atoms with van der Waals surface area (Å²) >= 11 is 0. The number of nitrogens with two attached hydrogens (primary N) is 1. The highest BCUT2D eigenvalue weighted by molar-refractivity contribution is 5.80. The van der Waals surface area contributed by atoms with E-state index >= 15 is 0 Å². The summed E-state index contributed by atoms with van der Waals surface area (Å²) in [5.74, 6) is 0.598. The standard InChI is InChI=1S/C12H23N3O2/c1-14-11(16)5-6-15-12(17)10-4-2-3-9(7-10)8-13/h9-10H,2-8,13H2,1H3,(H,14,16)(H,15,17). The molecule has 0 saturated heterocycles. The quantitative estimate of drug-likeness (QED) is 0.633. The van der Waals surface area contributed by atoms with Crippen molar-refractivity contribution in [1.29, 1.82) is 0 Å². The van der Waals surface area contributed by atoms with E-state index in [1.807, 2.05) is 0 Å². The van der Waals surface area contributed by atoms with Crippen LogP contribution in [0.15, 0.2) is 0 Å². The van der Waals surface area contributed by atoms with E-state index in [2.05, 4.69) is 10.6 Å². The Morgan fingerprint density at radius 1 is 1.35 bits per heavy atom. The van der Waals surface area contributed by atoms with E-state index in [0.29, 0.717) is 25.4 Å². The molecule has 17 heavy (non-hydrogen) atoms. The van der Waals surface area contributed by atoms with Gasteiger partial charge in [0.1, 0.15) is 0 Å². The topological polar surface area (TPSA) is 84.2 Å². The van der Waals surface area contributed by atoms with Gasteiger partial charge in [0.25, 0.3) is 0 Å². The van der Waals surface area contributed by atoms with Crippen LogP contribution in [0.1, 0.15) is 32.1 Å². The Bertz CT molecular complexity index is 268. The smallest absolute Gasteiger partial charge is 0.223 e. The Morgan fingerprint density at radius 2 is 2.12 bits per heavy atom. The molecule has 2 unspecified atom stereocenters. The fraction of sp³-hybridized carbons (Fsp3) is 0.833. The van der Waals surface area contributed by atoms with Crippen molar-refractivity contribution in [3.8, 4) is 0 Å². The van der Waals surface area contributed by atoms with E-state index in [1.165, 1.54) is 0 Å². The van der Waals surface area contributed by atoms with Gasteiger partial charge in [-0.2, -0.15) is 0 Å². The summed E-state index contributed by atoms with van der Waals surface area (Å²) in [5, 5.41) is 5.35. The molecular formula is C12H23N3O2. The highest BCUT2D eigenvalue weighted by atomic mass is 16.2. The molecule has 2 atom stereocenters. The first-order valence-corrected chi connectivity index (χ1v) is 6.35. The van der Waals surface area contributed by atoms with Gasteiger partial charge in [0.15, 0.2) is 0 Å². The first-order chi connectivity index (χ1) is 8.17. The van der Waals surface area contributed by atoms with Crippen molar-refractivity contribution in [2.45, 2.75) is 32.1 Å². The second kappa shape index (κ2) is 7.27. The zero-order valence-corrected chi connectivity index (χ0v) is 10.5. The second-order valence-electron chi connectivity index (χ2n) is 4.68. The van der Waals surface area contributed by atoms with Crippen LogP contribution in [0, 0.1) is 11.8 Å². The zero-order chi connectivity index (χ0) is 12.7. The fourth-order valence-corrected chi connectivity index (χ4v) is 2.31. The van der Waals surface area contributed by atoms with Crippen molar-refractivity contribution in [2.75, 3.05) is 20.1 Å². The van der Waals surface area contributed by atoms with Gasteiger partial charge in [0.05, 0.1) is 0 Å². The van der Waals surface area contributed by atoms with Crippen molar-refractivity contribution in [2.24, 2.45) is 17.6 Å². The van der Waals surface area contributed by atoms with Gasteiger partial charge < -0.3 is 16.4 Å². The maximum Gasteiger partial charge on any atom is 0.223 e. The molecule has 0 spiro atoms. The van der Waals surface area contributed by atoms with E-state index in [9.17, 15) is 9.59 Å². The normalized spacial score (nSPS) is 24.1. The lowest BCUT2D eigenvalue weighted by atomic mass is 9.81. The molecule has 0 bridgehead atoms. The Balaban J connectivity index is 2.25. The molecule has 5 nitrogen and oxygen atoms in total. The van der Waals surface area contributed by atoms with Gasteiger partial charge >= 0.3 is 0 Å². The van der Waals surface area contributed by atoms with Crippen LogP contribution in [0.3, 0.4) is 0 Å². The highest BCUT2D eigenvalue weighted by Gasteiger charge is 2.26. The number of hydrogen-bond donors (Lipinski definition) is 3. The van der Waals surface area contributed by atoms with E-state index < -0.39 is 0 Å². The van der Waals surface area contributed by atoms with Gasteiger partial charge in [-0.3, -0.25) is 9.59 Å². The summed E-state index contributed by atoms with van der Waals surface area (Å²) in [7, 11) is 1.59. The minimum Gasteiger partial charge on any atom is -0.359 e. The van der Waals surface area contributed by atoms with Crippen molar-refractivity contribution in [1.82, 2.24) is 10.6 Å². The van der Waals surface area contributed by atoms with Gasteiger partial charge in [0, 0.05) is 25.9 Å². The molecule has 0 aromatic heterocycles. The van der Waals surface area contributed by atoms with Crippen molar-refractivity contribution in [3.05, 3.63) is 0 Å². The molecule has 2 amide bonds. The SMILES string of the molecule is CNC(=O)CCNC(=O)C1CCCC(CN)C1. The fourth-order valence-electron chi connectivity index (χ4n) is 2.31. The summed E-state index contributed by atoms with van der Waals surface area (Å²) in [5.41, 5.74) is 5.64. The number of carbonyl (C=O) groups excluding carboxylic acids is 2. The molecule has 1 aliphatic carbocycles. The van der Waals surface area contributed by atoms with Crippen LogP contribution in [0.2, 0.25) is 0 Å². The number of hydrogen-bond acceptors (Lipinski definition) is 3. The molecule has 0 aromatic rings. The van der Waals surface area contributed by atoms with E-state index in [4.69, 9.17) is 5.73 Å². The van der Waals surface area contributed by atoms with Crippen LogP contribution >= 0.6 is 0 Å². The maximum atomic E-state index is 11.8. The number of nitrogens with one attached hydrogen (secondary N) is 2. The number of rotatable bonds is 5. The van der Waals surface area contributed by atoms with Crippen LogP contribution in [-0.4, -0.2) is 32.0 Å². The lowest BCUT2D eigenvalue weighted by molar-refractivity contribution is -0.126. The molecule has 5 heteroatoms.